The number of carbonyl (C=O) groups is 1. The minimum absolute atomic E-state index is 0.155. The Kier molecular flexibility index (Phi) is 10.4. The average molecular weight is 420 g/mol. The van der Waals surface area contributed by atoms with E-state index in [1.165, 1.54) is 6.92 Å². The number of carbonyl (C=O) groups excluding carboxylic acids is 1. The van der Waals surface area contributed by atoms with Gasteiger partial charge in [0, 0.05) is 30.6 Å². The van der Waals surface area contributed by atoms with Gasteiger partial charge in [0.25, 0.3) is 0 Å². The van der Waals surface area contributed by atoms with Crippen molar-refractivity contribution < 1.29 is 19.4 Å². The first-order valence-corrected chi connectivity index (χ1v) is 9.79. The summed E-state index contributed by atoms with van der Waals surface area (Å²) in [5.74, 6) is -0.333. The standard InChI is InChI=1S/C14H9N3O.C2H5NO.C2H6.CH4O3S/c18-14-16-10-6-2-1-5-9(10)13-15-11-7-3-4-8-12(11)17(13)14;1-2(3)4;1-2;1-5-4-3-2/h1-8H,(H,16,18);1H3,(H2,3,4);1-2H3;2H,1H3. The zero-order chi connectivity index (χ0) is 21.8. The van der Waals surface area contributed by atoms with E-state index in [0.717, 1.165) is 34.0 Å². The lowest BCUT2D eigenvalue weighted by molar-refractivity contribution is -0.432. The topological polar surface area (TPSA) is 132 Å². The summed E-state index contributed by atoms with van der Waals surface area (Å²) < 4.78 is 5.43. The SMILES string of the molecule is CC.CC(N)=O.CSOOO.O=c1[nH]c2ccccc2c2nc3ccccc3n12. The lowest BCUT2D eigenvalue weighted by atomic mass is 10.2. The molecule has 4 rings (SSSR count). The highest BCUT2D eigenvalue weighted by molar-refractivity contribution is 7.93. The van der Waals surface area contributed by atoms with Crippen molar-refractivity contribution in [3.63, 3.8) is 0 Å². The van der Waals surface area contributed by atoms with Gasteiger partial charge in [0.15, 0.2) is 5.65 Å². The Morgan fingerprint density at radius 3 is 2.34 bits per heavy atom. The number of benzene rings is 2. The van der Waals surface area contributed by atoms with E-state index in [1.807, 2.05) is 62.4 Å². The molecule has 0 radical (unpaired) electrons. The summed E-state index contributed by atoms with van der Waals surface area (Å²) in [5.41, 5.74) is 7.50. The number of fused-ring (bicyclic) bond motifs is 5. The van der Waals surface area contributed by atoms with Crippen molar-refractivity contribution in [2.45, 2.75) is 20.8 Å². The van der Waals surface area contributed by atoms with Crippen LogP contribution in [0.4, 0.5) is 0 Å². The Morgan fingerprint density at radius 2 is 1.76 bits per heavy atom. The fourth-order valence-electron chi connectivity index (χ4n) is 2.40. The van der Waals surface area contributed by atoms with Gasteiger partial charge < -0.3 is 10.7 Å². The molecule has 4 N–H and O–H groups in total. The van der Waals surface area contributed by atoms with E-state index in [0.29, 0.717) is 5.65 Å². The van der Waals surface area contributed by atoms with Gasteiger partial charge in [0.1, 0.15) is 0 Å². The molecule has 0 fully saturated rings. The van der Waals surface area contributed by atoms with E-state index in [1.54, 1.807) is 10.7 Å². The summed E-state index contributed by atoms with van der Waals surface area (Å²) in [4.78, 5) is 28.8. The normalized spacial score (nSPS) is 9.69. The van der Waals surface area contributed by atoms with Gasteiger partial charge in [-0.15, -0.1) is 4.33 Å². The maximum atomic E-state index is 12.1. The first-order valence-electron chi connectivity index (χ1n) is 8.64. The summed E-state index contributed by atoms with van der Waals surface area (Å²) in [6.07, 6.45) is 1.62. The minimum atomic E-state index is -0.333. The molecule has 0 aliphatic carbocycles. The molecule has 0 aliphatic rings. The molecule has 10 heteroatoms. The number of nitrogens with two attached hydrogens (primary N) is 1. The van der Waals surface area contributed by atoms with Crippen LogP contribution in [-0.4, -0.2) is 31.8 Å². The van der Waals surface area contributed by atoms with Crippen molar-refractivity contribution in [1.29, 1.82) is 0 Å². The quantitative estimate of drug-likeness (QED) is 0.257. The number of hydrogen-bond acceptors (Lipinski definition) is 7. The van der Waals surface area contributed by atoms with Gasteiger partial charge in [-0.2, -0.15) is 0 Å². The maximum Gasteiger partial charge on any atom is 0.332 e. The number of aromatic nitrogens is 3. The van der Waals surface area contributed by atoms with Crippen LogP contribution < -0.4 is 11.4 Å². The zero-order valence-corrected chi connectivity index (χ0v) is 17.4. The second kappa shape index (κ2) is 12.5. The van der Waals surface area contributed by atoms with Crippen LogP contribution in [-0.2, 0) is 14.2 Å². The van der Waals surface area contributed by atoms with Crippen molar-refractivity contribution in [3.05, 3.63) is 59.0 Å². The molecule has 0 aliphatic heterocycles. The number of imidazole rings is 1. The monoisotopic (exact) mass is 420 g/mol. The summed E-state index contributed by atoms with van der Waals surface area (Å²) in [7, 11) is 0. The van der Waals surface area contributed by atoms with Gasteiger partial charge in [-0.3, -0.25) is 4.79 Å². The second-order valence-corrected chi connectivity index (χ2v) is 5.62. The number of H-pyrrole nitrogens is 1. The highest BCUT2D eigenvalue weighted by Crippen LogP contribution is 2.20. The Hall–Kier alpha value is -2.92. The van der Waals surface area contributed by atoms with E-state index in [-0.39, 0.29) is 11.6 Å². The molecule has 0 saturated heterocycles. The number of primary amides is 1. The van der Waals surface area contributed by atoms with Crippen LogP contribution in [0.15, 0.2) is 53.3 Å². The average Bonchev–Trinajstić information content (AvgIpc) is 3.11. The van der Waals surface area contributed by atoms with E-state index in [9.17, 15) is 9.59 Å². The molecule has 29 heavy (non-hydrogen) atoms. The molecule has 9 nitrogen and oxygen atoms in total. The molecule has 0 atom stereocenters. The lowest BCUT2D eigenvalue weighted by Gasteiger charge is -1.99. The van der Waals surface area contributed by atoms with Gasteiger partial charge >= 0.3 is 5.69 Å². The maximum absolute atomic E-state index is 12.1. The number of rotatable bonds is 2. The zero-order valence-electron chi connectivity index (χ0n) is 16.6. The van der Waals surface area contributed by atoms with Gasteiger partial charge in [0.2, 0.25) is 5.91 Å². The Labute approximate surface area is 171 Å². The second-order valence-electron chi connectivity index (χ2n) is 5.16. The van der Waals surface area contributed by atoms with Crippen LogP contribution in [0.1, 0.15) is 20.8 Å². The van der Waals surface area contributed by atoms with Crippen LogP contribution in [0, 0.1) is 0 Å². The lowest BCUT2D eigenvalue weighted by Crippen LogP contribution is -2.15. The number of hydrogen-bond donors (Lipinski definition) is 3. The van der Waals surface area contributed by atoms with Crippen LogP contribution in [0.2, 0.25) is 0 Å². The number of nitrogens with zero attached hydrogens (tertiary/aromatic N) is 2. The van der Waals surface area contributed by atoms with Crippen LogP contribution in [0.25, 0.3) is 27.6 Å². The summed E-state index contributed by atoms with van der Waals surface area (Å²) in [5, 5.41) is 11.4. The summed E-state index contributed by atoms with van der Waals surface area (Å²) in [6.45, 7) is 5.31. The van der Waals surface area contributed by atoms with Gasteiger partial charge in [0.05, 0.1) is 16.6 Å². The fourth-order valence-corrected chi connectivity index (χ4v) is 2.46. The van der Waals surface area contributed by atoms with Crippen LogP contribution in [0.3, 0.4) is 0 Å². The molecule has 4 aromatic rings. The first kappa shape index (κ1) is 24.1. The molecule has 0 bridgehead atoms. The van der Waals surface area contributed by atoms with Gasteiger partial charge in [-0.05, 0) is 24.3 Å². The third-order valence-electron chi connectivity index (χ3n) is 3.27. The van der Waals surface area contributed by atoms with E-state index in [2.05, 4.69) is 25.1 Å². The fraction of sp³-hybridized carbons (Fsp3) is 0.211. The third-order valence-corrected chi connectivity index (χ3v) is 3.47. The summed E-state index contributed by atoms with van der Waals surface area (Å²) >= 11 is 0.929. The molecule has 1 amide bonds. The van der Waals surface area contributed by atoms with Crippen LogP contribution in [0.5, 0.6) is 0 Å². The Bertz CT molecular complexity index is 1100. The third kappa shape index (κ3) is 6.57. The Morgan fingerprint density at radius 1 is 1.17 bits per heavy atom. The highest BCUT2D eigenvalue weighted by atomic mass is 32.2. The van der Waals surface area contributed by atoms with Crippen LogP contribution >= 0.6 is 12.0 Å². The number of aromatic amines is 1. The van der Waals surface area contributed by atoms with E-state index >= 15 is 0 Å². The van der Waals surface area contributed by atoms with Gasteiger partial charge in [-0.1, -0.05) is 43.2 Å². The van der Waals surface area contributed by atoms with Crippen molar-refractivity contribution in [3.8, 4) is 0 Å². The van der Waals surface area contributed by atoms with Crippen molar-refractivity contribution >= 4 is 45.5 Å². The van der Waals surface area contributed by atoms with E-state index < -0.39 is 0 Å². The molecule has 2 aromatic heterocycles. The molecular formula is C19H24N4O5S. The first-order chi connectivity index (χ1) is 14.0. The smallest absolute Gasteiger partial charge is 0.332 e. The predicted molar refractivity (Wildman–Crippen MR) is 115 cm³/mol. The Balaban J connectivity index is 0.000000324. The molecule has 0 spiro atoms. The highest BCUT2D eigenvalue weighted by Gasteiger charge is 2.09. The van der Waals surface area contributed by atoms with E-state index in [4.69, 9.17) is 5.26 Å². The van der Waals surface area contributed by atoms with Crippen molar-refractivity contribution in [2.24, 2.45) is 5.73 Å². The molecule has 0 unspecified atom stereocenters. The van der Waals surface area contributed by atoms with Crippen molar-refractivity contribution in [1.82, 2.24) is 14.4 Å². The molecule has 2 aromatic carbocycles. The largest absolute Gasteiger partial charge is 0.370 e. The number of para-hydroxylation sites is 3. The molecule has 2 heterocycles. The summed E-state index contributed by atoms with van der Waals surface area (Å²) in [6, 6.07) is 15.3. The minimum Gasteiger partial charge on any atom is -0.370 e. The number of amides is 1. The molecule has 156 valence electrons. The van der Waals surface area contributed by atoms with Crippen molar-refractivity contribution in [2.75, 3.05) is 6.26 Å². The molecular weight excluding hydrogens is 396 g/mol. The predicted octanol–water partition coefficient (Wildman–Crippen LogP) is 3.53. The number of nitrogens with one attached hydrogen (secondary N) is 1. The van der Waals surface area contributed by atoms with Gasteiger partial charge in [-0.25, -0.2) is 19.4 Å². The molecule has 0 saturated carbocycles.